The van der Waals surface area contributed by atoms with Gasteiger partial charge in [0.05, 0.1) is 5.75 Å². The summed E-state index contributed by atoms with van der Waals surface area (Å²) in [4.78, 5) is 13.3. The Morgan fingerprint density at radius 3 is 2.36 bits per heavy atom. The van der Waals surface area contributed by atoms with Crippen molar-refractivity contribution in [2.24, 2.45) is 23.2 Å². The molecule has 4 nitrogen and oxygen atoms in total. The fourth-order valence-electron chi connectivity index (χ4n) is 6.44. The van der Waals surface area contributed by atoms with E-state index in [-0.39, 0.29) is 5.41 Å². The fraction of sp³-hybridized carbons (Fsp3) is 0.609. The van der Waals surface area contributed by atoms with Crippen molar-refractivity contribution in [2.45, 2.75) is 64.1 Å². The number of rotatable bonds is 6. The van der Waals surface area contributed by atoms with E-state index < -0.39 is 0 Å². The second-order valence-electron chi connectivity index (χ2n) is 9.28. The summed E-state index contributed by atoms with van der Waals surface area (Å²) < 4.78 is 2.15. The Hall–Kier alpha value is -1.62. The maximum absolute atomic E-state index is 13.3. The zero-order chi connectivity index (χ0) is 19.3. The quantitative estimate of drug-likeness (QED) is 0.635. The number of aromatic nitrogens is 3. The van der Waals surface area contributed by atoms with Crippen LogP contribution in [0.3, 0.4) is 0 Å². The molecule has 0 atom stereocenters. The molecule has 6 rings (SSSR count). The smallest absolute Gasteiger partial charge is 0.191 e. The molecule has 1 aromatic heterocycles. The van der Waals surface area contributed by atoms with Gasteiger partial charge in [0.2, 0.25) is 0 Å². The number of Topliss-reactive ketones (excluding diaryl/α,β-unsaturated/α-hetero) is 1. The number of carbonyl (C=O) groups is 1. The lowest BCUT2D eigenvalue weighted by atomic mass is 9.48. The Balaban J connectivity index is 1.34. The summed E-state index contributed by atoms with van der Waals surface area (Å²) in [6.07, 6.45) is 7.57. The minimum Gasteiger partial charge on any atom is -0.302 e. The maximum Gasteiger partial charge on any atom is 0.191 e. The van der Waals surface area contributed by atoms with Gasteiger partial charge in [-0.15, -0.1) is 10.2 Å². The van der Waals surface area contributed by atoms with Crippen LogP contribution in [0.25, 0.3) is 11.4 Å². The van der Waals surface area contributed by atoms with Gasteiger partial charge in [-0.25, -0.2) is 0 Å². The molecule has 4 aliphatic rings. The lowest BCUT2D eigenvalue weighted by Gasteiger charge is -2.56. The van der Waals surface area contributed by atoms with Gasteiger partial charge in [-0.05, 0) is 75.7 Å². The molecule has 4 aliphatic carbocycles. The van der Waals surface area contributed by atoms with Gasteiger partial charge >= 0.3 is 0 Å². The van der Waals surface area contributed by atoms with Crippen LogP contribution < -0.4 is 0 Å². The first-order valence-electron chi connectivity index (χ1n) is 10.7. The predicted octanol–water partition coefficient (Wildman–Crippen LogP) is 5.15. The summed E-state index contributed by atoms with van der Waals surface area (Å²) in [6, 6.07) is 8.29. The van der Waals surface area contributed by atoms with Crippen molar-refractivity contribution in [1.29, 1.82) is 0 Å². The average Bonchev–Trinajstić information content (AvgIpc) is 3.08. The largest absolute Gasteiger partial charge is 0.302 e. The van der Waals surface area contributed by atoms with Gasteiger partial charge in [-0.1, -0.05) is 36.0 Å². The van der Waals surface area contributed by atoms with Crippen LogP contribution in [0.5, 0.6) is 0 Å². The number of carbonyl (C=O) groups excluding carboxylic acids is 1. The molecule has 0 N–H and O–H groups in total. The summed E-state index contributed by atoms with van der Waals surface area (Å²) >= 11 is 1.59. The molecule has 4 fully saturated rings. The molecule has 148 valence electrons. The summed E-state index contributed by atoms with van der Waals surface area (Å²) in [5.74, 6) is 4.36. The molecule has 0 radical (unpaired) electrons. The van der Waals surface area contributed by atoms with Crippen LogP contribution in [0.4, 0.5) is 0 Å². The van der Waals surface area contributed by atoms with Crippen LogP contribution >= 0.6 is 11.8 Å². The minimum atomic E-state index is -0.0162. The number of nitrogens with zero attached hydrogens (tertiary/aromatic N) is 3. The fourth-order valence-corrected chi connectivity index (χ4v) is 7.48. The SMILES string of the molecule is CCn1c(SCC(=O)C23CC4CC(CC(C4)C2)C3)nnc1-c1ccccc1C. The summed E-state index contributed by atoms with van der Waals surface area (Å²) in [7, 11) is 0. The molecule has 1 aromatic carbocycles. The van der Waals surface area contributed by atoms with E-state index in [0.717, 1.165) is 60.1 Å². The third-order valence-electron chi connectivity index (χ3n) is 7.38. The van der Waals surface area contributed by atoms with Crippen LogP contribution in [0.2, 0.25) is 0 Å². The van der Waals surface area contributed by atoms with Gasteiger partial charge in [0, 0.05) is 17.5 Å². The maximum atomic E-state index is 13.3. The first-order valence-corrected chi connectivity index (χ1v) is 11.7. The Labute approximate surface area is 171 Å². The monoisotopic (exact) mass is 395 g/mol. The second kappa shape index (κ2) is 7.01. The van der Waals surface area contributed by atoms with Crippen molar-refractivity contribution in [3.05, 3.63) is 29.8 Å². The number of aryl methyl sites for hydroxylation is 1. The highest BCUT2D eigenvalue weighted by Crippen LogP contribution is 2.60. The van der Waals surface area contributed by atoms with E-state index in [4.69, 9.17) is 0 Å². The second-order valence-corrected chi connectivity index (χ2v) is 10.2. The Kier molecular flexibility index (Phi) is 4.61. The highest BCUT2D eigenvalue weighted by Gasteiger charge is 2.54. The molecule has 4 saturated carbocycles. The third kappa shape index (κ3) is 3.02. The first kappa shape index (κ1) is 18.4. The molecular formula is C23H29N3OS. The zero-order valence-corrected chi connectivity index (χ0v) is 17.7. The molecule has 28 heavy (non-hydrogen) atoms. The zero-order valence-electron chi connectivity index (χ0n) is 16.9. The normalized spacial score (nSPS) is 30.7. The van der Waals surface area contributed by atoms with E-state index in [1.54, 1.807) is 11.8 Å². The van der Waals surface area contributed by atoms with Crippen molar-refractivity contribution in [3.63, 3.8) is 0 Å². The summed E-state index contributed by atoms with van der Waals surface area (Å²) in [5.41, 5.74) is 2.31. The Bertz CT molecular complexity index is 868. The van der Waals surface area contributed by atoms with Crippen LogP contribution in [-0.2, 0) is 11.3 Å². The average molecular weight is 396 g/mol. The van der Waals surface area contributed by atoms with Crippen molar-refractivity contribution < 1.29 is 4.79 Å². The van der Waals surface area contributed by atoms with E-state index in [2.05, 4.69) is 40.7 Å². The molecule has 1 heterocycles. The number of benzene rings is 1. The Morgan fingerprint density at radius 2 is 1.75 bits per heavy atom. The van der Waals surface area contributed by atoms with Gasteiger partial charge in [0.25, 0.3) is 0 Å². The van der Waals surface area contributed by atoms with Crippen LogP contribution in [0.15, 0.2) is 29.4 Å². The molecule has 0 saturated heterocycles. The molecule has 0 amide bonds. The Morgan fingerprint density at radius 1 is 1.11 bits per heavy atom. The molecule has 4 bridgehead atoms. The standard InChI is InChI=1S/C23H29N3OS/c1-3-26-21(19-7-5-4-6-15(19)2)24-25-22(26)28-14-20(27)23-11-16-8-17(12-23)10-18(9-16)13-23/h4-7,16-18H,3,8-14H2,1-2H3. The molecule has 0 aliphatic heterocycles. The summed E-state index contributed by atoms with van der Waals surface area (Å²) in [5, 5.41) is 9.79. The lowest BCUT2D eigenvalue weighted by Crippen LogP contribution is -2.50. The molecular weight excluding hydrogens is 366 g/mol. The van der Waals surface area contributed by atoms with Gasteiger partial charge in [0.1, 0.15) is 5.78 Å². The number of ketones is 1. The van der Waals surface area contributed by atoms with E-state index in [9.17, 15) is 4.79 Å². The number of thioether (sulfide) groups is 1. The first-order chi connectivity index (χ1) is 13.6. The molecule has 0 unspecified atom stereocenters. The summed E-state index contributed by atoms with van der Waals surface area (Å²) in [6.45, 7) is 5.04. The van der Waals surface area contributed by atoms with E-state index in [0.29, 0.717) is 11.5 Å². The molecule has 0 spiro atoms. The molecule has 5 heteroatoms. The van der Waals surface area contributed by atoms with Crippen molar-refractivity contribution in [1.82, 2.24) is 14.8 Å². The van der Waals surface area contributed by atoms with Gasteiger partial charge < -0.3 is 4.57 Å². The minimum absolute atomic E-state index is 0.0162. The van der Waals surface area contributed by atoms with Crippen molar-refractivity contribution in [3.8, 4) is 11.4 Å². The van der Waals surface area contributed by atoms with Crippen LogP contribution in [0.1, 0.15) is 51.0 Å². The van der Waals surface area contributed by atoms with Crippen LogP contribution in [-0.4, -0.2) is 26.3 Å². The van der Waals surface area contributed by atoms with E-state index >= 15 is 0 Å². The topological polar surface area (TPSA) is 47.8 Å². The van der Waals surface area contributed by atoms with E-state index in [1.807, 2.05) is 12.1 Å². The highest BCUT2D eigenvalue weighted by atomic mass is 32.2. The van der Waals surface area contributed by atoms with Crippen molar-refractivity contribution in [2.75, 3.05) is 5.75 Å². The highest BCUT2D eigenvalue weighted by molar-refractivity contribution is 7.99. The van der Waals surface area contributed by atoms with Gasteiger partial charge in [-0.2, -0.15) is 0 Å². The van der Waals surface area contributed by atoms with Gasteiger partial charge in [0.15, 0.2) is 11.0 Å². The van der Waals surface area contributed by atoms with E-state index in [1.165, 1.54) is 24.8 Å². The number of hydrogen-bond acceptors (Lipinski definition) is 4. The van der Waals surface area contributed by atoms with Crippen molar-refractivity contribution >= 4 is 17.5 Å². The van der Waals surface area contributed by atoms with Gasteiger partial charge in [-0.3, -0.25) is 4.79 Å². The lowest BCUT2D eigenvalue weighted by molar-refractivity contribution is -0.141. The third-order valence-corrected chi connectivity index (χ3v) is 8.35. The van der Waals surface area contributed by atoms with Crippen LogP contribution in [0, 0.1) is 30.1 Å². The number of hydrogen-bond donors (Lipinski definition) is 0. The predicted molar refractivity (Wildman–Crippen MR) is 112 cm³/mol. The molecule has 2 aromatic rings.